The van der Waals surface area contributed by atoms with Crippen molar-refractivity contribution in [2.24, 2.45) is 0 Å². The third-order valence-electron chi connectivity index (χ3n) is 6.20. The van der Waals surface area contributed by atoms with Gasteiger partial charge in [-0.1, -0.05) is 49.1 Å². The predicted molar refractivity (Wildman–Crippen MR) is 119 cm³/mol. The number of halogens is 1. The number of carbonyl (C=O) groups excluding carboxylic acids is 1. The van der Waals surface area contributed by atoms with Crippen LogP contribution in [0.3, 0.4) is 0 Å². The minimum absolute atomic E-state index is 0.314. The normalized spacial score (nSPS) is 16.3. The van der Waals surface area contributed by atoms with E-state index in [1.165, 1.54) is 27.8 Å². The van der Waals surface area contributed by atoms with Crippen molar-refractivity contribution in [2.45, 2.75) is 58.3 Å². The lowest BCUT2D eigenvalue weighted by Crippen LogP contribution is -2.36. The number of likely N-dealkylation sites (tertiary alicyclic amines) is 1. The molecule has 2 aromatic rings. The fourth-order valence-corrected chi connectivity index (χ4v) is 4.79. The number of rotatable bonds is 4. The van der Waals surface area contributed by atoms with Gasteiger partial charge in [0.25, 0.3) is 0 Å². The maximum absolute atomic E-state index is 12.5. The molecule has 0 spiro atoms. The fourth-order valence-electron chi connectivity index (χ4n) is 4.59. The molecular weight excluding hydrogens is 380 g/mol. The Morgan fingerprint density at radius 1 is 1.07 bits per heavy atom. The summed E-state index contributed by atoms with van der Waals surface area (Å²) in [5, 5.41) is 0.791. The van der Waals surface area contributed by atoms with Crippen LogP contribution >= 0.6 is 11.6 Å². The molecular formula is C25H29ClN2O. The average molecular weight is 409 g/mol. The van der Waals surface area contributed by atoms with Crippen LogP contribution in [0.4, 0.5) is 0 Å². The van der Waals surface area contributed by atoms with Crippen molar-refractivity contribution in [3.63, 3.8) is 0 Å². The number of carbonyl (C=O) groups is 1. The highest BCUT2D eigenvalue weighted by Gasteiger charge is 2.26. The molecule has 29 heavy (non-hydrogen) atoms. The number of benzene rings is 1. The van der Waals surface area contributed by atoms with Gasteiger partial charge in [-0.05, 0) is 67.0 Å². The van der Waals surface area contributed by atoms with Crippen LogP contribution in [-0.4, -0.2) is 28.9 Å². The number of pyridine rings is 1. The molecule has 0 atom stereocenters. The quantitative estimate of drug-likeness (QED) is 0.595. The van der Waals surface area contributed by atoms with E-state index < -0.39 is 0 Å². The Kier molecular flexibility index (Phi) is 6.34. The van der Waals surface area contributed by atoms with E-state index in [0.717, 1.165) is 68.8 Å². The summed E-state index contributed by atoms with van der Waals surface area (Å²) in [5.74, 6) is 0.314. The van der Waals surface area contributed by atoms with E-state index >= 15 is 0 Å². The number of hydrogen-bond donors (Lipinski definition) is 0. The summed E-state index contributed by atoms with van der Waals surface area (Å²) in [4.78, 5) is 19.4. The molecule has 1 saturated heterocycles. The van der Waals surface area contributed by atoms with E-state index in [4.69, 9.17) is 16.6 Å². The number of hydrogen-bond acceptors (Lipinski definition) is 2. The van der Waals surface area contributed by atoms with E-state index in [-0.39, 0.29) is 0 Å². The Labute approximate surface area is 178 Å². The Morgan fingerprint density at radius 3 is 2.66 bits per heavy atom. The van der Waals surface area contributed by atoms with Gasteiger partial charge in [0, 0.05) is 36.3 Å². The fraction of sp³-hybridized carbons (Fsp3) is 0.440. The van der Waals surface area contributed by atoms with Crippen LogP contribution in [0.2, 0.25) is 5.02 Å². The van der Waals surface area contributed by atoms with Gasteiger partial charge in [0.05, 0.1) is 5.69 Å². The molecule has 0 radical (unpaired) electrons. The summed E-state index contributed by atoms with van der Waals surface area (Å²) in [6.07, 6.45) is 9.68. The molecule has 0 saturated carbocycles. The van der Waals surface area contributed by atoms with E-state index in [2.05, 4.69) is 30.0 Å². The second-order valence-electron chi connectivity index (χ2n) is 8.13. The lowest BCUT2D eigenvalue weighted by molar-refractivity contribution is -0.131. The summed E-state index contributed by atoms with van der Waals surface area (Å²) >= 11 is 6.30. The number of unbranched alkanes of at least 4 members (excludes halogenated alkanes) is 2. The van der Waals surface area contributed by atoms with Crippen LogP contribution in [0.15, 0.2) is 42.1 Å². The maximum Gasteiger partial charge on any atom is 0.222 e. The first-order valence-electron chi connectivity index (χ1n) is 10.9. The van der Waals surface area contributed by atoms with Crippen molar-refractivity contribution in [1.29, 1.82) is 0 Å². The molecule has 1 aliphatic heterocycles. The Hall–Kier alpha value is -2.13. The highest BCUT2D eigenvalue weighted by Crippen LogP contribution is 2.38. The van der Waals surface area contributed by atoms with Crippen molar-refractivity contribution in [2.75, 3.05) is 13.1 Å². The summed E-state index contributed by atoms with van der Waals surface area (Å²) in [5.41, 5.74) is 7.70. The molecule has 4 rings (SSSR count). The van der Waals surface area contributed by atoms with Crippen molar-refractivity contribution in [1.82, 2.24) is 9.88 Å². The first-order valence-corrected chi connectivity index (χ1v) is 11.3. The lowest BCUT2D eigenvalue weighted by atomic mass is 9.88. The van der Waals surface area contributed by atoms with E-state index in [0.29, 0.717) is 12.3 Å². The Bertz CT molecular complexity index is 924. The molecule has 2 aliphatic rings. The van der Waals surface area contributed by atoms with Gasteiger partial charge in [-0.15, -0.1) is 0 Å². The summed E-state index contributed by atoms with van der Waals surface area (Å²) in [6.45, 7) is 3.80. The molecule has 0 N–H and O–H groups in total. The monoisotopic (exact) mass is 408 g/mol. The summed E-state index contributed by atoms with van der Waals surface area (Å²) in [7, 11) is 0. The van der Waals surface area contributed by atoms with Crippen LogP contribution in [0.25, 0.3) is 5.57 Å². The van der Waals surface area contributed by atoms with Crippen LogP contribution in [0.5, 0.6) is 0 Å². The van der Waals surface area contributed by atoms with Crippen molar-refractivity contribution in [3.05, 3.63) is 69.5 Å². The van der Waals surface area contributed by atoms with Crippen molar-refractivity contribution >= 4 is 23.1 Å². The van der Waals surface area contributed by atoms with Crippen LogP contribution in [0, 0.1) is 0 Å². The molecule has 4 heteroatoms. The molecule has 1 fully saturated rings. The van der Waals surface area contributed by atoms with Crippen molar-refractivity contribution in [3.8, 4) is 0 Å². The largest absolute Gasteiger partial charge is 0.342 e. The molecule has 0 unspecified atom stereocenters. The summed E-state index contributed by atoms with van der Waals surface area (Å²) < 4.78 is 0. The van der Waals surface area contributed by atoms with Gasteiger partial charge in [0.1, 0.15) is 0 Å². The second-order valence-corrected chi connectivity index (χ2v) is 8.57. The SMILES string of the molecule is CCCCCC(=O)N1CCC(=C2c3ccc(Cl)cc3CCc3cccnc32)CC1. The minimum atomic E-state index is 0.314. The smallest absolute Gasteiger partial charge is 0.222 e. The molecule has 1 aromatic heterocycles. The Morgan fingerprint density at radius 2 is 1.86 bits per heavy atom. The van der Waals surface area contributed by atoms with Gasteiger partial charge in [-0.3, -0.25) is 9.78 Å². The third kappa shape index (κ3) is 4.40. The highest BCUT2D eigenvalue weighted by molar-refractivity contribution is 6.30. The topological polar surface area (TPSA) is 33.2 Å². The lowest BCUT2D eigenvalue weighted by Gasteiger charge is -2.30. The van der Waals surface area contributed by atoms with E-state index in [1.807, 2.05) is 18.3 Å². The van der Waals surface area contributed by atoms with Crippen LogP contribution in [-0.2, 0) is 17.6 Å². The van der Waals surface area contributed by atoms with Gasteiger partial charge < -0.3 is 4.90 Å². The molecule has 152 valence electrons. The number of piperidine rings is 1. The maximum atomic E-state index is 12.5. The number of aryl methyl sites for hydroxylation is 2. The molecule has 3 nitrogen and oxygen atoms in total. The first-order chi connectivity index (χ1) is 14.2. The summed E-state index contributed by atoms with van der Waals surface area (Å²) in [6, 6.07) is 10.5. The van der Waals surface area contributed by atoms with Gasteiger partial charge in [0.2, 0.25) is 5.91 Å². The molecule has 1 aromatic carbocycles. The third-order valence-corrected chi connectivity index (χ3v) is 6.43. The van der Waals surface area contributed by atoms with Gasteiger partial charge in [0.15, 0.2) is 0 Å². The number of amides is 1. The number of nitrogens with zero attached hydrogens (tertiary/aromatic N) is 2. The van der Waals surface area contributed by atoms with Gasteiger partial charge in [-0.25, -0.2) is 0 Å². The van der Waals surface area contributed by atoms with E-state index in [9.17, 15) is 4.79 Å². The van der Waals surface area contributed by atoms with Gasteiger partial charge >= 0.3 is 0 Å². The van der Waals surface area contributed by atoms with Crippen LogP contribution < -0.4 is 0 Å². The van der Waals surface area contributed by atoms with E-state index in [1.54, 1.807) is 0 Å². The number of aromatic nitrogens is 1. The van der Waals surface area contributed by atoms with Crippen molar-refractivity contribution < 1.29 is 4.79 Å². The highest BCUT2D eigenvalue weighted by atomic mass is 35.5. The first kappa shape index (κ1) is 20.2. The zero-order valence-electron chi connectivity index (χ0n) is 17.2. The predicted octanol–water partition coefficient (Wildman–Crippen LogP) is 5.84. The molecule has 2 heterocycles. The zero-order chi connectivity index (χ0) is 20.2. The number of fused-ring (bicyclic) bond motifs is 2. The molecule has 0 bridgehead atoms. The van der Waals surface area contributed by atoms with Crippen LogP contribution in [0.1, 0.15) is 67.8 Å². The molecule has 1 aliphatic carbocycles. The second kappa shape index (κ2) is 9.13. The minimum Gasteiger partial charge on any atom is -0.342 e. The Balaban J connectivity index is 1.64. The van der Waals surface area contributed by atoms with Gasteiger partial charge in [-0.2, -0.15) is 0 Å². The molecule has 1 amide bonds. The standard InChI is InChI=1S/C25H29ClN2O/c1-2-3-4-7-23(29)28-15-12-18(13-16-28)24-22-11-10-21(26)17-20(22)9-8-19-6-5-14-27-25(19)24/h5-6,10-11,14,17H,2-4,7-9,12-13,15-16H2,1H3. The zero-order valence-corrected chi connectivity index (χ0v) is 18.0. The average Bonchev–Trinajstić information content (AvgIpc) is 2.90.